The first kappa shape index (κ1) is 28.6. The average molecular weight is 610 g/mol. The highest BCUT2D eigenvalue weighted by atomic mass is 35.5. The van der Waals surface area contributed by atoms with Crippen LogP contribution in [0.5, 0.6) is 5.75 Å². The SMILES string of the molecule is Cc1c2ccc3c1NNN3CCCCOc1cc(Cl)c(c(Cl)c1)C(=O)N1CCc3ccc(cc3C1)C2C(C)(C)C(=O)O. The fourth-order valence-corrected chi connectivity index (χ4v) is 6.99. The molecule has 3 aromatic rings. The van der Waals surface area contributed by atoms with Crippen LogP contribution >= 0.6 is 23.2 Å². The van der Waals surface area contributed by atoms with E-state index < -0.39 is 17.3 Å². The molecule has 1 unspecified atom stereocenters. The maximum atomic E-state index is 13.7. The van der Waals surface area contributed by atoms with E-state index in [9.17, 15) is 14.7 Å². The predicted molar refractivity (Wildman–Crippen MR) is 165 cm³/mol. The molecule has 9 rings (SSSR count). The van der Waals surface area contributed by atoms with Gasteiger partial charge in [-0.1, -0.05) is 47.5 Å². The normalized spacial score (nSPS) is 18.6. The van der Waals surface area contributed by atoms with Gasteiger partial charge in [0, 0.05) is 25.6 Å². The number of nitrogens with one attached hydrogen (secondary N) is 2. The molecule has 10 heteroatoms. The molecule has 0 spiro atoms. The maximum Gasteiger partial charge on any atom is 0.310 e. The molecule has 0 saturated carbocycles. The smallest absolute Gasteiger partial charge is 0.310 e. The zero-order valence-electron chi connectivity index (χ0n) is 23.9. The second kappa shape index (κ2) is 11.0. The van der Waals surface area contributed by atoms with Crippen molar-refractivity contribution in [2.75, 3.05) is 30.1 Å². The van der Waals surface area contributed by atoms with E-state index >= 15 is 0 Å². The molecule has 0 radical (unpaired) electrons. The van der Waals surface area contributed by atoms with Crippen LogP contribution < -0.4 is 20.7 Å². The predicted octanol–water partition coefficient (Wildman–Crippen LogP) is 6.57. The zero-order valence-corrected chi connectivity index (χ0v) is 25.4. The Hall–Kier alpha value is -3.46. The Morgan fingerprint density at radius 2 is 1.81 bits per heavy atom. The number of carbonyl (C=O) groups is 2. The summed E-state index contributed by atoms with van der Waals surface area (Å²) in [5, 5.41) is 13.0. The Kier molecular flexibility index (Phi) is 7.50. The zero-order chi connectivity index (χ0) is 29.8. The van der Waals surface area contributed by atoms with E-state index in [2.05, 4.69) is 40.2 Å². The first-order chi connectivity index (χ1) is 20.1. The van der Waals surface area contributed by atoms with Crippen molar-refractivity contribution in [3.8, 4) is 5.75 Å². The van der Waals surface area contributed by atoms with Crippen molar-refractivity contribution in [2.24, 2.45) is 5.41 Å². The summed E-state index contributed by atoms with van der Waals surface area (Å²) in [6, 6.07) is 13.6. The molecule has 9 bridgehead atoms. The molecule has 1 atom stereocenters. The lowest BCUT2D eigenvalue weighted by atomic mass is 9.69. The summed E-state index contributed by atoms with van der Waals surface area (Å²) >= 11 is 13.2. The van der Waals surface area contributed by atoms with Crippen LogP contribution in [0, 0.1) is 12.3 Å². The molecule has 0 aliphatic carbocycles. The van der Waals surface area contributed by atoms with Crippen molar-refractivity contribution >= 4 is 46.5 Å². The quantitative estimate of drug-likeness (QED) is 0.303. The maximum absolute atomic E-state index is 13.7. The third-order valence-electron chi connectivity index (χ3n) is 8.81. The first-order valence-electron chi connectivity index (χ1n) is 14.2. The summed E-state index contributed by atoms with van der Waals surface area (Å²) in [7, 11) is 0. The second-order valence-corrected chi connectivity index (χ2v) is 12.7. The number of halogens is 2. The number of amides is 1. The number of carbonyl (C=O) groups excluding carboxylic acids is 1. The van der Waals surface area contributed by atoms with E-state index in [0.29, 0.717) is 31.9 Å². The summed E-state index contributed by atoms with van der Waals surface area (Å²) in [4.78, 5) is 28.1. The molecular formula is C32H34Cl2N4O4. The average Bonchev–Trinajstić information content (AvgIpc) is 3.36. The largest absolute Gasteiger partial charge is 0.493 e. The highest BCUT2D eigenvalue weighted by Crippen LogP contribution is 2.47. The third kappa shape index (κ3) is 4.95. The van der Waals surface area contributed by atoms with E-state index in [1.54, 1.807) is 30.9 Å². The van der Waals surface area contributed by atoms with Crippen molar-refractivity contribution in [1.29, 1.82) is 0 Å². The van der Waals surface area contributed by atoms with Gasteiger partial charge in [0.05, 0.1) is 39.0 Å². The Bertz CT molecular complexity index is 1570. The number of carboxylic acids is 1. The monoisotopic (exact) mass is 608 g/mol. The van der Waals surface area contributed by atoms with Gasteiger partial charge in [-0.3, -0.25) is 14.6 Å². The minimum Gasteiger partial charge on any atom is -0.493 e. The van der Waals surface area contributed by atoms with Gasteiger partial charge in [0.2, 0.25) is 0 Å². The number of hydrogen-bond acceptors (Lipinski definition) is 6. The Balaban J connectivity index is 1.48. The van der Waals surface area contributed by atoms with Crippen LogP contribution in [0.25, 0.3) is 0 Å². The molecule has 6 aliphatic rings. The van der Waals surface area contributed by atoms with Crippen LogP contribution in [-0.2, 0) is 17.8 Å². The summed E-state index contributed by atoms with van der Waals surface area (Å²) in [6.45, 7) is 7.70. The van der Waals surface area contributed by atoms with Crippen LogP contribution in [-0.4, -0.2) is 41.6 Å². The highest BCUT2D eigenvalue weighted by molar-refractivity contribution is 6.39. The van der Waals surface area contributed by atoms with Crippen molar-refractivity contribution in [2.45, 2.75) is 52.5 Å². The number of benzene rings is 3. The summed E-state index contributed by atoms with van der Waals surface area (Å²) < 4.78 is 5.94. The minimum absolute atomic E-state index is 0.238. The molecule has 0 fully saturated rings. The molecule has 42 heavy (non-hydrogen) atoms. The Labute approximate surface area is 255 Å². The number of rotatable bonds is 2. The molecule has 3 N–H and O–H groups in total. The van der Waals surface area contributed by atoms with Crippen molar-refractivity contribution < 1.29 is 19.4 Å². The van der Waals surface area contributed by atoms with Gasteiger partial charge in [-0.2, -0.15) is 0 Å². The fourth-order valence-electron chi connectivity index (χ4n) is 6.36. The number of hydrogen-bond donors (Lipinski definition) is 3. The Morgan fingerprint density at radius 1 is 1.05 bits per heavy atom. The summed E-state index contributed by atoms with van der Waals surface area (Å²) in [5.74, 6) is -1.02. The molecule has 3 aromatic carbocycles. The van der Waals surface area contributed by atoms with Gasteiger partial charge in [-0.05, 0) is 86.1 Å². The number of hydrazine groups is 2. The first-order valence-corrected chi connectivity index (χ1v) is 15.0. The second-order valence-electron chi connectivity index (χ2n) is 11.8. The summed E-state index contributed by atoms with van der Waals surface area (Å²) in [6.07, 6.45) is 2.32. The van der Waals surface area contributed by atoms with Crippen LogP contribution in [0.15, 0.2) is 42.5 Å². The van der Waals surface area contributed by atoms with E-state index in [-0.39, 0.29) is 21.5 Å². The van der Waals surface area contributed by atoms with Crippen LogP contribution in [0.4, 0.5) is 11.4 Å². The van der Waals surface area contributed by atoms with Crippen LogP contribution in [0.3, 0.4) is 0 Å². The molecule has 8 nitrogen and oxygen atoms in total. The highest BCUT2D eigenvalue weighted by Gasteiger charge is 2.41. The van der Waals surface area contributed by atoms with Crippen LogP contribution in [0.1, 0.15) is 70.8 Å². The molecule has 6 aliphatic heterocycles. The molecular weight excluding hydrogens is 575 g/mol. The lowest BCUT2D eigenvalue weighted by Gasteiger charge is -2.35. The lowest BCUT2D eigenvalue weighted by molar-refractivity contribution is -0.147. The Morgan fingerprint density at radius 3 is 2.55 bits per heavy atom. The van der Waals surface area contributed by atoms with Gasteiger partial charge in [0.25, 0.3) is 5.91 Å². The standard InChI is InChI=1S/C32H34Cl2N4O4/c1-18-23-8-9-26-29(18)35-36-38(26)11-4-5-13-42-22-15-24(33)27(25(34)16-22)30(39)37-12-10-19-6-7-20(14-21(19)17-37)28(23)32(2,3)31(40)41/h6-9,14-16,28,35-36H,4-5,10-13,17H2,1-3H3,(H,40,41). The van der Waals surface area contributed by atoms with Gasteiger partial charge in [-0.15, -0.1) is 5.53 Å². The molecule has 220 valence electrons. The number of carboxylic acid groups (broad SMARTS) is 1. The van der Waals surface area contributed by atoms with E-state index in [1.165, 1.54) is 0 Å². The van der Waals surface area contributed by atoms with E-state index in [0.717, 1.165) is 58.6 Å². The molecule has 1 amide bonds. The molecule has 6 heterocycles. The van der Waals surface area contributed by atoms with E-state index in [1.807, 2.05) is 13.0 Å². The molecule has 0 saturated heterocycles. The van der Waals surface area contributed by atoms with Gasteiger partial charge in [0.1, 0.15) is 5.75 Å². The molecule has 0 aromatic heterocycles. The van der Waals surface area contributed by atoms with Gasteiger partial charge in [0.15, 0.2) is 0 Å². The van der Waals surface area contributed by atoms with Gasteiger partial charge in [-0.25, -0.2) is 0 Å². The summed E-state index contributed by atoms with van der Waals surface area (Å²) in [5.41, 5.74) is 12.7. The van der Waals surface area contributed by atoms with Crippen molar-refractivity contribution in [1.82, 2.24) is 10.4 Å². The van der Waals surface area contributed by atoms with E-state index in [4.69, 9.17) is 27.9 Å². The third-order valence-corrected chi connectivity index (χ3v) is 9.41. The lowest BCUT2D eigenvalue weighted by Crippen LogP contribution is -2.37. The number of nitrogens with zero attached hydrogens (tertiary/aromatic N) is 2. The van der Waals surface area contributed by atoms with Gasteiger partial charge >= 0.3 is 5.97 Å². The topological polar surface area (TPSA) is 94.1 Å². The van der Waals surface area contributed by atoms with Gasteiger partial charge < -0.3 is 20.2 Å². The van der Waals surface area contributed by atoms with Crippen molar-refractivity contribution in [3.63, 3.8) is 0 Å². The number of ether oxygens (including phenoxy) is 1. The number of aliphatic carboxylic acids is 1. The number of anilines is 2. The van der Waals surface area contributed by atoms with Crippen LogP contribution in [0.2, 0.25) is 10.0 Å². The van der Waals surface area contributed by atoms with Crippen molar-refractivity contribution in [3.05, 3.63) is 85.9 Å². The fraction of sp³-hybridized carbons (Fsp3) is 0.375. The minimum atomic E-state index is -1.11.